The van der Waals surface area contributed by atoms with Crippen molar-refractivity contribution in [1.82, 2.24) is 9.97 Å². The maximum absolute atomic E-state index is 15.1. The molecule has 1 aliphatic carbocycles. The number of rotatable bonds is 8. The number of benzene rings is 1. The highest BCUT2D eigenvalue weighted by molar-refractivity contribution is 7.80. The Morgan fingerprint density at radius 3 is 2.64 bits per heavy atom. The highest BCUT2D eigenvalue weighted by Crippen LogP contribution is 2.41. The van der Waals surface area contributed by atoms with Gasteiger partial charge < -0.3 is 19.3 Å². The summed E-state index contributed by atoms with van der Waals surface area (Å²) in [5.74, 6) is -0.421. The van der Waals surface area contributed by atoms with Gasteiger partial charge in [-0.15, -0.1) is 0 Å². The largest absolute Gasteiger partial charge is 0.490 e. The summed E-state index contributed by atoms with van der Waals surface area (Å²) < 4.78 is 20.8. The number of nitriles is 1. The predicted octanol–water partition coefficient (Wildman–Crippen LogP) is 4.77. The van der Waals surface area contributed by atoms with Crippen molar-refractivity contribution in [2.75, 3.05) is 23.5 Å². The second kappa shape index (κ2) is 10.8. The van der Waals surface area contributed by atoms with Crippen LogP contribution in [-0.2, 0) is 11.2 Å². The van der Waals surface area contributed by atoms with Gasteiger partial charge in [-0.2, -0.15) is 5.26 Å². The van der Waals surface area contributed by atoms with Crippen molar-refractivity contribution in [2.45, 2.75) is 38.1 Å². The summed E-state index contributed by atoms with van der Waals surface area (Å²) >= 11 is 5.82. The van der Waals surface area contributed by atoms with Gasteiger partial charge in [0.25, 0.3) is 0 Å². The fourth-order valence-corrected chi connectivity index (χ4v) is 4.56. The molecule has 184 valence electrons. The van der Waals surface area contributed by atoms with E-state index in [1.54, 1.807) is 48.3 Å². The molecule has 0 saturated heterocycles. The first kappa shape index (κ1) is 25.2. The van der Waals surface area contributed by atoms with Gasteiger partial charge in [-0.3, -0.25) is 4.98 Å². The standard InChI is InChI=1S/C27H26FN5O2S/c1-19-14-22(17-31-24(19)16-29)32(2)26(36)33(27(18-34)10-5-11-27)21-7-8-25(23(28)15-21)35-13-9-20-6-3-4-12-30-20/h3-4,6-8,12,14-15,17-18H,5,9-11,13H2,1-2H3. The Bertz CT molecular complexity index is 1310. The van der Waals surface area contributed by atoms with Crippen LogP contribution in [0, 0.1) is 24.1 Å². The van der Waals surface area contributed by atoms with E-state index >= 15 is 4.39 Å². The average molecular weight is 504 g/mol. The molecule has 2 heterocycles. The number of halogens is 1. The van der Waals surface area contributed by atoms with Gasteiger partial charge in [0.15, 0.2) is 16.7 Å². The van der Waals surface area contributed by atoms with Gasteiger partial charge in [-0.1, -0.05) is 6.07 Å². The Morgan fingerprint density at radius 1 is 1.25 bits per heavy atom. The highest BCUT2D eigenvalue weighted by Gasteiger charge is 2.45. The summed E-state index contributed by atoms with van der Waals surface area (Å²) in [5.41, 5.74) is 2.18. The Balaban J connectivity index is 1.58. The van der Waals surface area contributed by atoms with Gasteiger partial charge in [0.2, 0.25) is 0 Å². The van der Waals surface area contributed by atoms with Crippen LogP contribution in [0.1, 0.15) is 36.2 Å². The summed E-state index contributed by atoms with van der Waals surface area (Å²) in [7, 11) is 1.76. The first-order valence-electron chi connectivity index (χ1n) is 11.6. The lowest BCUT2D eigenvalue weighted by atomic mass is 9.76. The third-order valence-electron chi connectivity index (χ3n) is 6.43. The smallest absolute Gasteiger partial charge is 0.181 e. The van der Waals surface area contributed by atoms with Gasteiger partial charge in [-0.25, -0.2) is 9.37 Å². The molecule has 0 aliphatic heterocycles. The van der Waals surface area contributed by atoms with Gasteiger partial charge in [-0.05, 0) is 74.3 Å². The number of thiocarbonyl (C=S) groups is 1. The molecule has 0 amide bonds. The van der Waals surface area contributed by atoms with Crippen molar-refractivity contribution in [1.29, 1.82) is 5.26 Å². The van der Waals surface area contributed by atoms with E-state index in [0.29, 0.717) is 47.0 Å². The SMILES string of the molecule is Cc1cc(N(C)C(=S)N(c2ccc(OCCc3ccccn3)c(F)c2)C2(C=O)CCC2)cnc1C#N. The number of aromatic nitrogens is 2. The average Bonchev–Trinajstić information content (AvgIpc) is 2.87. The minimum absolute atomic E-state index is 0.120. The number of carbonyl (C=O) groups excluding carboxylic acids is 1. The topological polar surface area (TPSA) is 82.3 Å². The summed E-state index contributed by atoms with van der Waals surface area (Å²) in [6.45, 7) is 2.08. The van der Waals surface area contributed by atoms with Crippen LogP contribution in [0.25, 0.3) is 0 Å². The molecule has 0 N–H and O–H groups in total. The van der Waals surface area contributed by atoms with Gasteiger partial charge in [0.1, 0.15) is 23.6 Å². The molecule has 0 atom stereocenters. The molecule has 2 aromatic heterocycles. The molecule has 7 nitrogen and oxygen atoms in total. The number of nitrogens with zero attached hydrogens (tertiary/aromatic N) is 5. The Hall–Kier alpha value is -3.90. The first-order valence-corrected chi connectivity index (χ1v) is 12.0. The molecular formula is C27H26FN5O2S. The number of aryl methyl sites for hydroxylation is 1. The first-order chi connectivity index (χ1) is 17.4. The summed E-state index contributed by atoms with van der Waals surface area (Å²) in [6, 6.07) is 14.1. The quantitative estimate of drug-likeness (QED) is 0.321. The number of hydrogen-bond donors (Lipinski definition) is 0. The summed E-state index contributed by atoms with van der Waals surface area (Å²) in [6.07, 6.45) is 6.80. The molecule has 1 aromatic carbocycles. The molecular weight excluding hydrogens is 477 g/mol. The third-order valence-corrected chi connectivity index (χ3v) is 6.89. The molecule has 0 spiro atoms. The zero-order valence-corrected chi connectivity index (χ0v) is 21.0. The lowest BCUT2D eigenvalue weighted by Crippen LogP contribution is -2.60. The lowest BCUT2D eigenvalue weighted by molar-refractivity contribution is -0.114. The molecule has 0 unspecified atom stereocenters. The Labute approximate surface area is 215 Å². The van der Waals surface area contributed by atoms with Gasteiger partial charge >= 0.3 is 0 Å². The maximum atomic E-state index is 15.1. The summed E-state index contributed by atoms with van der Waals surface area (Å²) in [5, 5.41) is 9.51. The second-order valence-electron chi connectivity index (χ2n) is 8.76. The minimum atomic E-state index is -0.853. The van der Waals surface area contributed by atoms with Crippen molar-refractivity contribution in [2.24, 2.45) is 0 Å². The van der Waals surface area contributed by atoms with Gasteiger partial charge in [0, 0.05) is 37.1 Å². The van der Waals surface area contributed by atoms with E-state index in [4.69, 9.17) is 17.0 Å². The maximum Gasteiger partial charge on any atom is 0.181 e. The van der Waals surface area contributed by atoms with Crippen molar-refractivity contribution in [3.05, 3.63) is 77.6 Å². The number of hydrogen-bond acceptors (Lipinski definition) is 6. The molecule has 9 heteroatoms. The van der Waals surface area contributed by atoms with E-state index in [2.05, 4.69) is 9.97 Å². The number of anilines is 2. The zero-order valence-electron chi connectivity index (χ0n) is 20.1. The van der Waals surface area contributed by atoms with Crippen molar-refractivity contribution >= 4 is 35.0 Å². The monoisotopic (exact) mass is 503 g/mol. The van der Waals surface area contributed by atoms with E-state index in [1.165, 1.54) is 6.07 Å². The number of aldehydes is 1. The van der Waals surface area contributed by atoms with Crippen LogP contribution in [0.2, 0.25) is 0 Å². The van der Waals surface area contributed by atoms with Gasteiger partial charge in [0.05, 0.1) is 18.5 Å². The van der Waals surface area contributed by atoms with Crippen molar-refractivity contribution < 1.29 is 13.9 Å². The highest BCUT2D eigenvalue weighted by atomic mass is 32.1. The predicted molar refractivity (Wildman–Crippen MR) is 140 cm³/mol. The van der Waals surface area contributed by atoms with Crippen LogP contribution in [0.15, 0.2) is 54.9 Å². The Kier molecular flexibility index (Phi) is 7.55. The number of pyridine rings is 2. The van der Waals surface area contributed by atoms with E-state index < -0.39 is 11.4 Å². The number of carbonyl (C=O) groups is 1. The molecule has 1 saturated carbocycles. The van der Waals surface area contributed by atoms with E-state index in [1.807, 2.05) is 30.3 Å². The second-order valence-corrected chi connectivity index (χ2v) is 9.12. The minimum Gasteiger partial charge on any atom is -0.490 e. The fraction of sp³-hybridized carbons (Fsp3) is 0.296. The number of ether oxygens (including phenoxy) is 1. The van der Waals surface area contributed by atoms with Crippen LogP contribution >= 0.6 is 12.2 Å². The fourth-order valence-electron chi connectivity index (χ4n) is 4.17. The summed E-state index contributed by atoms with van der Waals surface area (Å²) in [4.78, 5) is 24.1. The van der Waals surface area contributed by atoms with Crippen LogP contribution in [0.4, 0.5) is 15.8 Å². The van der Waals surface area contributed by atoms with Crippen LogP contribution in [0.3, 0.4) is 0 Å². The normalized spacial score (nSPS) is 13.7. The Morgan fingerprint density at radius 2 is 2.06 bits per heavy atom. The molecule has 4 rings (SSSR count). The molecule has 3 aromatic rings. The molecule has 1 fully saturated rings. The van der Waals surface area contributed by atoms with Crippen molar-refractivity contribution in [3.63, 3.8) is 0 Å². The van der Waals surface area contributed by atoms with Crippen LogP contribution in [0.5, 0.6) is 5.75 Å². The van der Waals surface area contributed by atoms with E-state index in [0.717, 1.165) is 18.4 Å². The van der Waals surface area contributed by atoms with E-state index in [9.17, 15) is 10.1 Å². The molecule has 36 heavy (non-hydrogen) atoms. The molecule has 1 aliphatic rings. The third kappa shape index (κ3) is 5.04. The molecule has 0 bridgehead atoms. The zero-order chi connectivity index (χ0) is 25.7. The van der Waals surface area contributed by atoms with Crippen molar-refractivity contribution in [3.8, 4) is 11.8 Å². The van der Waals surface area contributed by atoms with Crippen LogP contribution < -0.4 is 14.5 Å². The lowest BCUT2D eigenvalue weighted by Gasteiger charge is -2.48. The van der Waals surface area contributed by atoms with Crippen LogP contribution in [-0.4, -0.2) is 40.6 Å². The van der Waals surface area contributed by atoms with E-state index in [-0.39, 0.29) is 12.4 Å². The molecule has 0 radical (unpaired) electrons.